The molecule has 1 aromatic carbocycles. The van der Waals surface area contributed by atoms with Gasteiger partial charge in [0.2, 0.25) is 0 Å². The largest absolute Gasteiger partial charge is 0.508 e. The molecule has 4 heteroatoms. The molecule has 0 amide bonds. The fourth-order valence-electron chi connectivity index (χ4n) is 1.25. The number of hydrogen-bond acceptors (Lipinski definition) is 4. The fourth-order valence-corrected chi connectivity index (χ4v) is 1.70. The number of rotatable bonds is 4. The second-order valence-corrected chi connectivity index (χ2v) is 3.92. The molecule has 0 aromatic heterocycles. The Kier molecular flexibility index (Phi) is 4.25. The summed E-state index contributed by atoms with van der Waals surface area (Å²) in [5, 5.41) is 18.3. The van der Waals surface area contributed by atoms with Crippen molar-refractivity contribution in [3.05, 3.63) is 23.8 Å². The summed E-state index contributed by atoms with van der Waals surface area (Å²) >= 11 is 1.60. The van der Waals surface area contributed by atoms with Crippen molar-refractivity contribution in [3.63, 3.8) is 0 Å². The molecule has 0 heterocycles. The van der Waals surface area contributed by atoms with Crippen LogP contribution in [-0.4, -0.2) is 23.1 Å². The number of thioether (sulfide) groups is 1. The first kappa shape index (κ1) is 11.4. The lowest BCUT2D eigenvalue weighted by molar-refractivity contribution is 0.275. The summed E-state index contributed by atoms with van der Waals surface area (Å²) in [6.07, 6.45) is 2.43. The predicted molar refractivity (Wildman–Crippen MR) is 58.5 cm³/mol. The SMILES string of the molecule is CSc1ccc(O)c(C(N)CCO)c1. The summed E-state index contributed by atoms with van der Waals surface area (Å²) in [5.74, 6) is 0.198. The molecule has 1 rings (SSSR count). The Hall–Kier alpha value is -0.710. The molecule has 0 aliphatic carbocycles. The number of aliphatic hydroxyl groups excluding tert-OH is 1. The van der Waals surface area contributed by atoms with E-state index in [0.29, 0.717) is 12.0 Å². The van der Waals surface area contributed by atoms with Crippen molar-refractivity contribution < 1.29 is 10.2 Å². The molecule has 0 radical (unpaired) electrons. The number of aromatic hydroxyl groups is 1. The third-order valence-electron chi connectivity index (χ3n) is 2.07. The summed E-state index contributed by atoms with van der Waals surface area (Å²) in [4.78, 5) is 1.06. The average molecular weight is 213 g/mol. The van der Waals surface area contributed by atoms with E-state index < -0.39 is 0 Å². The van der Waals surface area contributed by atoms with Crippen molar-refractivity contribution in [3.8, 4) is 5.75 Å². The summed E-state index contributed by atoms with van der Waals surface area (Å²) in [5.41, 5.74) is 6.50. The van der Waals surface area contributed by atoms with E-state index in [2.05, 4.69) is 0 Å². The van der Waals surface area contributed by atoms with Crippen molar-refractivity contribution in [1.29, 1.82) is 0 Å². The lowest BCUT2D eigenvalue weighted by Crippen LogP contribution is -2.12. The third kappa shape index (κ3) is 2.64. The number of phenolic OH excluding ortho intramolecular Hbond substituents is 1. The Balaban J connectivity index is 2.93. The lowest BCUT2D eigenvalue weighted by atomic mass is 10.0. The van der Waals surface area contributed by atoms with Crippen molar-refractivity contribution in [2.24, 2.45) is 5.73 Å². The van der Waals surface area contributed by atoms with Gasteiger partial charge in [-0.2, -0.15) is 0 Å². The van der Waals surface area contributed by atoms with E-state index >= 15 is 0 Å². The van der Waals surface area contributed by atoms with E-state index in [1.807, 2.05) is 18.4 Å². The van der Waals surface area contributed by atoms with Gasteiger partial charge in [-0.3, -0.25) is 0 Å². The number of hydrogen-bond donors (Lipinski definition) is 3. The van der Waals surface area contributed by atoms with Crippen LogP contribution < -0.4 is 5.73 Å². The zero-order valence-electron chi connectivity index (χ0n) is 8.10. The lowest BCUT2D eigenvalue weighted by Gasteiger charge is -2.13. The van der Waals surface area contributed by atoms with Gasteiger partial charge in [0, 0.05) is 23.1 Å². The van der Waals surface area contributed by atoms with Crippen molar-refractivity contribution >= 4 is 11.8 Å². The number of phenols is 1. The van der Waals surface area contributed by atoms with E-state index in [1.165, 1.54) is 0 Å². The standard InChI is InChI=1S/C10H15NO2S/c1-14-7-2-3-10(13)8(6-7)9(11)4-5-12/h2-3,6,9,12-13H,4-5,11H2,1H3. The minimum atomic E-state index is -0.299. The first-order valence-electron chi connectivity index (χ1n) is 4.42. The summed E-state index contributed by atoms with van der Waals surface area (Å²) < 4.78 is 0. The molecule has 1 atom stereocenters. The van der Waals surface area contributed by atoms with Crippen LogP contribution in [0.4, 0.5) is 0 Å². The second-order valence-electron chi connectivity index (χ2n) is 3.04. The van der Waals surface area contributed by atoms with Crippen LogP contribution in [0.3, 0.4) is 0 Å². The predicted octanol–water partition coefficient (Wildman–Crippen LogP) is 1.50. The van der Waals surface area contributed by atoms with Crippen LogP contribution in [0.15, 0.2) is 23.1 Å². The molecule has 0 aliphatic heterocycles. The van der Waals surface area contributed by atoms with Gasteiger partial charge in [0.05, 0.1) is 0 Å². The quantitative estimate of drug-likeness (QED) is 0.663. The molecule has 1 aromatic rings. The van der Waals surface area contributed by atoms with Crippen molar-refractivity contribution in [2.75, 3.05) is 12.9 Å². The Morgan fingerprint density at radius 1 is 1.50 bits per heavy atom. The summed E-state index contributed by atoms with van der Waals surface area (Å²) in [6.45, 7) is 0.0318. The monoisotopic (exact) mass is 213 g/mol. The van der Waals surface area contributed by atoms with Crippen LogP contribution in [-0.2, 0) is 0 Å². The zero-order chi connectivity index (χ0) is 10.6. The molecule has 3 nitrogen and oxygen atoms in total. The van der Waals surface area contributed by atoms with E-state index in [-0.39, 0.29) is 18.4 Å². The molecule has 0 spiro atoms. The van der Waals surface area contributed by atoms with Crippen LogP contribution in [0.1, 0.15) is 18.0 Å². The Morgan fingerprint density at radius 2 is 2.21 bits per heavy atom. The maximum Gasteiger partial charge on any atom is 0.120 e. The highest BCUT2D eigenvalue weighted by molar-refractivity contribution is 7.98. The molecule has 4 N–H and O–H groups in total. The maximum atomic E-state index is 9.56. The molecule has 0 bridgehead atoms. The van der Waals surface area contributed by atoms with Crippen LogP contribution >= 0.6 is 11.8 Å². The van der Waals surface area contributed by atoms with Gasteiger partial charge < -0.3 is 15.9 Å². The highest BCUT2D eigenvalue weighted by Crippen LogP contribution is 2.28. The Labute approximate surface area is 87.9 Å². The number of nitrogens with two attached hydrogens (primary N) is 1. The molecule has 0 aliphatic rings. The van der Waals surface area contributed by atoms with Crippen molar-refractivity contribution in [2.45, 2.75) is 17.4 Å². The average Bonchev–Trinajstić information content (AvgIpc) is 2.19. The van der Waals surface area contributed by atoms with E-state index in [4.69, 9.17) is 10.8 Å². The van der Waals surface area contributed by atoms with Crippen molar-refractivity contribution in [1.82, 2.24) is 0 Å². The van der Waals surface area contributed by atoms with E-state index in [0.717, 1.165) is 4.90 Å². The summed E-state index contributed by atoms with van der Waals surface area (Å²) in [7, 11) is 0. The Morgan fingerprint density at radius 3 is 2.79 bits per heavy atom. The topological polar surface area (TPSA) is 66.5 Å². The van der Waals surface area contributed by atoms with Gasteiger partial charge in [-0.25, -0.2) is 0 Å². The normalized spacial score (nSPS) is 12.8. The Bertz CT molecular complexity index is 304. The maximum absolute atomic E-state index is 9.56. The van der Waals surface area contributed by atoms with Crippen LogP contribution in [0.5, 0.6) is 5.75 Å². The molecule has 78 valence electrons. The smallest absolute Gasteiger partial charge is 0.120 e. The van der Waals surface area contributed by atoms with Gasteiger partial charge in [0.1, 0.15) is 5.75 Å². The molecule has 0 saturated heterocycles. The van der Waals surface area contributed by atoms with E-state index in [9.17, 15) is 5.11 Å². The van der Waals surface area contributed by atoms with Gasteiger partial charge >= 0.3 is 0 Å². The molecule has 0 saturated carbocycles. The minimum absolute atomic E-state index is 0.0318. The van der Waals surface area contributed by atoms with Crippen LogP contribution in [0.2, 0.25) is 0 Å². The summed E-state index contributed by atoms with van der Waals surface area (Å²) in [6, 6.07) is 5.04. The first-order chi connectivity index (χ1) is 6.69. The molecule has 1 unspecified atom stereocenters. The van der Waals surface area contributed by atoms with Gasteiger partial charge in [0.15, 0.2) is 0 Å². The minimum Gasteiger partial charge on any atom is -0.508 e. The highest BCUT2D eigenvalue weighted by Gasteiger charge is 2.10. The zero-order valence-corrected chi connectivity index (χ0v) is 8.92. The number of aliphatic hydroxyl groups is 1. The van der Waals surface area contributed by atoms with Gasteiger partial charge in [-0.1, -0.05) is 0 Å². The highest BCUT2D eigenvalue weighted by atomic mass is 32.2. The van der Waals surface area contributed by atoms with Gasteiger partial charge in [-0.05, 0) is 30.9 Å². The van der Waals surface area contributed by atoms with Crippen LogP contribution in [0, 0.1) is 0 Å². The van der Waals surface area contributed by atoms with Gasteiger partial charge in [-0.15, -0.1) is 11.8 Å². The molecule has 14 heavy (non-hydrogen) atoms. The molecule has 0 fully saturated rings. The fraction of sp³-hybridized carbons (Fsp3) is 0.400. The van der Waals surface area contributed by atoms with Crippen LogP contribution in [0.25, 0.3) is 0 Å². The van der Waals surface area contributed by atoms with E-state index in [1.54, 1.807) is 17.8 Å². The third-order valence-corrected chi connectivity index (χ3v) is 2.80. The van der Waals surface area contributed by atoms with Gasteiger partial charge in [0.25, 0.3) is 0 Å². The first-order valence-corrected chi connectivity index (χ1v) is 5.65. The number of benzene rings is 1. The molecular weight excluding hydrogens is 198 g/mol. The molecular formula is C10H15NO2S. The second kappa shape index (κ2) is 5.24.